The van der Waals surface area contributed by atoms with Crippen molar-refractivity contribution < 1.29 is 19.1 Å². The molecule has 0 saturated heterocycles. The number of para-hydroxylation sites is 2. The number of esters is 1. The quantitative estimate of drug-likeness (QED) is 0.593. The van der Waals surface area contributed by atoms with Gasteiger partial charge in [0.25, 0.3) is 5.91 Å². The molecule has 0 atom stereocenters. The minimum atomic E-state index is -0.240. The van der Waals surface area contributed by atoms with Crippen LogP contribution in [0.15, 0.2) is 54.6 Å². The number of amides is 1. The molecule has 1 N–H and O–H groups in total. The van der Waals surface area contributed by atoms with Crippen LogP contribution in [0.4, 0.5) is 5.69 Å². The van der Waals surface area contributed by atoms with Gasteiger partial charge in [-0.2, -0.15) is 0 Å². The topological polar surface area (TPSA) is 64.6 Å². The molecule has 0 fully saturated rings. The Morgan fingerprint density at radius 2 is 1.71 bits per heavy atom. The molecule has 0 aliphatic rings. The molecule has 2 rings (SSSR count). The van der Waals surface area contributed by atoms with Crippen LogP contribution in [0, 0.1) is 0 Å². The summed E-state index contributed by atoms with van der Waals surface area (Å²) >= 11 is 0. The summed E-state index contributed by atoms with van der Waals surface area (Å²) in [4.78, 5) is 23.7. The van der Waals surface area contributed by atoms with Gasteiger partial charge in [-0.1, -0.05) is 30.3 Å². The van der Waals surface area contributed by atoms with Crippen molar-refractivity contribution in [2.75, 3.05) is 18.5 Å². The van der Waals surface area contributed by atoms with Gasteiger partial charge in [0.2, 0.25) is 0 Å². The number of carbonyl (C=O) groups excluding carboxylic acids is 2. The third kappa shape index (κ3) is 5.43. The summed E-state index contributed by atoms with van der Waals surface area (Å²) in [6.07, 6.45) is 0.833. The van der Waals surface area contributed by atoms with E-state index < -0.39 is 0 Å². The van der Waals surface area contributed by atoms with E-state index in [1.807, 2.05) is 30.3 Å². The molecule has 0 heterocycles. The van der Waals surface area contributed by atoms with Crippen molar-refractivity contribution in [2.45, 2.75) is 19.8 Å². The second kappa shape index (κ2) is 9.35. The number of anilines is 1. The first-order valence-electron chi connectivity index (χ1n) is 7.94. The van der Waals surface area contributed by atoms with Gasteiger partial charge in [-0.15, -0.1) is 0 Å². The van der Waals surface area contributed by atoms with E-state index in [2.05, 4.69) is 5.32 Å². The van der Waals surface area contributed by atoms with Crippen LogP contribution in [0.2, 0.25) is 0 Å². The van der Waals surface area contributed by atoms with E-state index in [9.17, 15) is 9.59 Å². The predicted molar refractivity (Wildman–Crippen MR) is 92.2 cm³/mol. The van der Waals surface area contributed by atoms with Crippen molar-refractivity contribution in [3.8, 4) is 5.75 Å². The van der Waals surface area contributed by atoms with Crippen molar-refractivity contribution in [1.82, 2.24) is 0 Å². The highest BCUT2D eigenvalue weighted by atomic mass is 16.5. The number of rotatable bonds is 8. The zero-order valence-corrected chi connectivity index (χ0v) is 13.7. The Balaban J connectivity index is 1.92. The highest BCUT2D eigenvalue weighted by Gasteiger charge is 2.12. The Bertz CT molecular complexity index is 670. The van der Waals surface area contributed by atoms with E-state index in [1.165, 1.54) is 0 Å². The number of ether oxygens (including phenoxy) is 2. The summed E-state index contributed by atoms with van der Waals surface area (Å²) in [6, 6.07) is 16.3. The average molecular weight is 327 g/mol. The van der Waals surface area contributed by atoms with Crippen LogP contribution in [0.3, 0.4) is 0 Å². The number of nitrogens with one attached hydrogen (secondary N) is 1. The first kappa shape index (κ1) is 17.5. The lowest BCUT2D eigenvalue weighted by Gasteiger charge is -2.11. The molecule has 24 heavy (non-hydrogen) atoms. The number of benzene rings is 2. The molecule has 1 amide bonds. The van der Waals surface area contributed by atoms with Crippen molar-refractivity contribution in [3.05, 3.63) is 60.2 Å². The molecule has 0 aromatic heterocycles. The van der Waals surface area contributed by atoms with Crippen molar-refractivity contribution in [1.29, 1.82) is 0 Å². The zero-order valence-electron chi connectivity index (χ0n) is 13.7. The summed E-state index contributed by atoms with van der Waals surface area (Å²) in [5, 5.41) is 2.83. The van der Waals surface area contributed by atoms with Crippen LogP contribution in [0.5, 0.6) is 5.75 Å². The number of hydrogen-bond acceptors (Lipinski definition) is 4. The Morgan fingerprint density at radius 1 is 1.00 bits per heavy atom. The van der Waals surface area contributed by atoms with E-state index in [4.69, 9.17) is 9.47 Å². The normalized spacial score (nSPS) is 10.0. The van der Waals surface area contributed by atoms with Gasteiger partial charge in [-0.3, -0.25) is 9.59 Å². The summed E-state index contributed by atoms with van der Waals surface area (Å²) < 4.78 is 10.5. The van der Waals surface area contributed by atoms with Crippen LogP contribution in [0.25, 0.3) is 0 Å². The molecule has 0 aliphatic heterocycles. The first-order valence-corrected chi connectivity index (χ1v) is 7.94. The fourth-order valence-corrected chi connectivity index (χ4v) is 2.13. The molecule has 0 aliphatic carbocycles. The maximum atomic E-state index is 12.4. The van der Waals surface area contributed by atoms with Crippen molar-refractivity contribution in [3.63, 3.8) is 0 Å². The Hall–Kier alpha value is -2.82. The van der Waals surface area contributed by atoms with Gasteiger partial charge in [-0.05, 0) is 37.6 Å². The monoisotopic (exact) mass is 327 g/mol. The zero-order chi connectivity index (χ0) is 17.2. The molecule has 0 bridgehead atoms. The third-order valence-corrected chi connectivity index (χ3v) is 3.25. The molecular formula is C19H21NO4. The minimum absolute atomic E-state index is 0.234. The standard InChI is InChI=1S/C19H21NO4/c1-2-23-18(21)13-8-14-24-17-12-7-6-11-16(17)19(22)20-15-9-4-3-5-10-15/h3-7,9-12H,2,8,13-14H2,1H3,(H,20,22). The maximum Gasteiger partial charge on any atom is 0.305 e. The van der Waals surface area contributed by atoms with E-state index in [-0.39, 0.29) is 11.9 Å². The Morgan fingerprint density at radius 3 is 2.46 bits per heavy atom. The molecule has 126 valence electrons. The first-order chi connectivity index (χ1) is 11.7. The van der Waals surface area contributed by atoms with Crippen molar-refractivity contribution >= 4 is 17.6 Å². The third-order valence-electron chi connectivity index (χ3n) is 3.25. The lowest BCUT2D eigenvalue weighted by Crippen LogP contribution is -2.14. The highest BCUT2D eigenvalue weighted by Crippen LogP contribution is 2.20. The maximum absolute atomic E-state index is 12.4. The van der Waals surface area contributed by atoms with Crippen LogP contribution < -0.4 is 10.1 Å². The predicted octanol–water partition coefficient (Wildman–Crippen LogP) is 3.66. The summed E-state index contributed by atoms with van der Waals surface area (Å²) in [7, 11) is 0. The molecule has 0 radical (unpaired) electrons. The van der Waals surface area contributed by atoms with Crippen LogP contribution >= 0.6 is 0 Å². The van der Waals surface area contributed by atoms with Crippen molar-refractivity contribution in [2.24, 2.45) is 0 Å². The molecule has 0 unspecified atom stereocenters. The van der Waals surface area contributed by atoms with Gasteiger partial charge < -0.3 is 14.8 Å². The molecule has 0 saturated carbocycles. The van der Waals surface area contributed by atoms with Crippen LogP contribution in [-0.2, 0) is 9.53 Å². The fraction of sp³-hybridized carbons (Fsp3) is 0.263. The molecule has 2 aromatic carbocycles. The van der Waals surface area contributed by atoms with Gasteiger partial charge >= 0.3 is 5.97 Å². The second-order valence-corrected chi connectivity index (χ2v) is 5.07. The molecular weight excluding hydrogens is 306 g/mol. The summed E-state index contributed by atoms with van der Waals surface area (Å²) in [5.41, 5.74) is 1.18. The summed E-state index contributed by atoms with van der Waals surface area (Å²) in [6.45, 7) is 2.49. The SMILES string of the molecule is CCOC(=O)CCCOc1ccccc1C(=O)Nc1ccccc1. The number of hydrogen-bond donors (Lipinski definition) is 1. The fourth-order valence-electron chi connectivity index (χ4n) is 2.13. The van der Waals surface area contributed by atoms with E-state index >= 15 is 0 Å². The second-order valence-electron chi connectivity index (χ2n) is 5.07. The smallest absolute Gasteiger partial charge is 0.305 e. The highest BCUT2D eigenvalue weighted by molar-refractivity contribution is 6.06. The van der Waals surface area contributed by atoms with Gasteiger partial charge in [0.15, 0.2) is 0 Å². The lowest BCUT2D eigenvalue weighted by atomic mass is 10.2. The lowest BCUT2D eigenvalue weighted by molar-refractivity contribution is -0.143. The molecule has 5 nitrogen and oxygen atoms in total. The van der Waals surface area contributed by atoms with E-state index in [1.54, 1.807) is 31.2 Å². The number of carbonyl (C=O) groups is 2. The van der Waals surface area contributed by atoms with E-state index in [0.717, 1.165) is 5.69 Å². The van der Waals surface area contributed by atoms with Crippen LogP contribution in [-0.4, -0.2) is 25.1 Å². The average Bonchev–Trinajstić information content (AvgIpc) is 2.60. The molecule has 0 spiro atoms. The molecule has 2 aromatic rings. The van der Waals surface area contributed by atoms with Gasteiger partial charge in [0.05, 0.1) is 18.8 Å². The largest absolute Gasteiger partial charge is 0.493 e. The van der Waals surface area contributed by atoms with Gasteiger partial charge in [0.1, 0.15) is 5.75 Å². The molecule has 5 heteroatoms. The Kier molecular flexibility index (Phi) is 6.83. The van der Waals surface area contributed by atoms with Crippen LogP contribution in [0.1, 0.15) is 30.1 Å². The summed E-state index contributed by atoms with van der Waals surface area (Å²) in [5.74, 6) is 0.0215. The minimum Gasteiger partial charge on any atom is -0.493 e. The van der Waals surface area contributed by atoms with Gasteiger partial charge in [-0.25, -0.2) is 0 Å². The Labute approximate surface area is 141 Å². The van der Waals surface area contributed by atoms with Gasteiger partial charge in [0, 0.05) is 12.1 Å². The van der Waals surface area contributed by atoms with E-state index in [0.29, 0.717) is 37.4 Å².